The molecule has 31 heavy (non-hydrogen) atoms. The fourth-order valence-corrected chi connectivity index (χ4v) is 2.82. The first kappa shape index (κ1) is 26.4. The van der Waals surface area contributed by atoms with E-state index in [1.54, 1.807) is 23.1 Å². The summed E-state index contributed by atoms with van der Waals surface area (Å²) in [6, 6.07) is 5.08. The molecule has 174 valence electrons. The number of carbonyl (C=O) groups excluding carboxylic acids is 2. The third-order valence-electron chi connectivity index (χ3n) is 4.80. The molecule has 0 saturated carbocycles. The second-order valence-electron chi connectivity index (χ2n) is 7.32. The third-order valence-corrected chi connectivity index (χ3v) is 4.80. The van der Waals surface area contributed by atoms with Crippen LogP contribution in [0, 0.1) is 5.53 Å². The molecule has 0 radical (unpaired) electrons. The van der Waals surface area contributed by atoms with Crippen molar-refractivity contribution in [2.75, 3.05) is 31.2 Å². The summed E-state index contributed by atoms with van der Waals surface area (Å²) in [7, 11) is 0. The lowest BCUT2D eigenvalue weighted by Crippen LogP contribution is -2.36. The van der Waals surface area contributed by atoms with Crippen molar-refractivity contribution >= 4 is 23.3 Å². The highest BCUT2D eigenvalue weighted by Gasteiger charge is 2.20. The number of hydrogen-bond donors (Lipinski definition) is 1. The minimum atomic E-state index is -0.411. The summed E-state index contributed by atoms with van der Waals surface area (Å²) in [5.41, 5.74) is 8.42. The molecular weight excluding hydrogens is 398 g/mol. The highest BCUT2D eigenvalue weighted by atomic mass is 16.5. The number of ether oxygens (including phenoxy) is 3. The van der Waals surface area contributed by atoms with Crippen molar-refractivity contribution in [2.24, 2.45) is 5.11 Å². The molecular formula is C23H37N3O5. The number of esters is 2. The number of nitrogens with zero attached hydrogens (tertiary/aromatic N) is 2. The van der Waals surface area contributed by atoms with Gasteiger partial charge in [0, 0.05) is 11.8 Å². The van der Waals surface area contributed by atoms with Crippen LogP contribution < -0.4 is 9.64 Å². The highest BCUT2D eigenvalue weighted by molar-refractivity contribution is 5.82. The summed E-state index contributed by atoms with van der Waals surface area (Å²) in [6.45, 7) is 8.62. The summed E-state index contributed by atoms with van der Waals surface area (Å²) in [6.07, 6.45) is 5.05. The average Bonchev–Trinajstić information content (AvgIpc) is 2.77. The van der Waals surface area contributed by atoms with Crippen LogP contribution in [0.1, 0.15) is 66.2 Å². The molecule has 0 aliphatic rings. The van der Waals surface area contributed by atoms with Crippen LogP contribution in [0.4, 0.5) is 11.4 Å². The topological polar surface area (TPSA) is 101 Å². The van der Waals surface area contributed by atoms with Crippen molar-refractivity contribution in [2.45, 2.75) is 72.3 Å². The Morgan fingerprint density at radius 1 is 0.968 bits per heavy atom. The summed E-state index contributed by atoms with van der Waals surface area (Å²) < 4.78 is 16.6. The van der Waals surface area contributed by atoms with Crippen molar-refractivity contribution in [3.05, 3.63) is 18.2 Å². The first-order valence-electron chi connectivity index (χ1n) is 11.2. The predicted octanol–water partition coefficient (Wildman–Crippen LogP) is 5.41. The zero-order valence-electron chi connectivity index (χ0n) is 19.3. The van der Waals surface area contributed by atoms with E-state index in [2.05, 4.69) is 5.11 Å². The lowest BCUT2D eigenvalue weighted by Gasteiger charge is -2.24. The van der Waals surface area contributed by atoms with Gasteiger partial charge in [-0.3, -0.25) is 9.59 Å². The average molecular weight is 436 g/mol. The van der Waals surface area contributed by atoms with Crippen LogP contribution in [0.15, 0.2) is 23.3 Å². The lowest BCUT2D eigenvalue weighted by atomic mass is 10.2. The van der Waals surface area contributed by atoms with Gasteiger partial charge in [0.15, 0.2) is 0 Å². The molecule has 0 aromatic heterocycles. The molecule has 0 heterocycles. The zero-order chi connectivity index (χ0) is 23.1. The number of carbonyl (C=O) groups is 2. The molecule has 0 spiro atoms. The van der Waals surface area contributed by atoms with Crippen LogP contribution in [-0.2, 0) is 19.1 Å². The number of unbranched alkanes of at least 4 members (excludes halogenated alkanes) is 2. The minimum absolute atomic E-state index is 0.0118. The molecule has 0 unspecified atom stereocenters. The van der Waals surface area contributed by atoms with Crippen molar-refractivity contribution in [3.8, 4) is 5.75 Å². The number of hydrogen-bond acceptors (Lipinski definition) is 8. The van der Waals surface area contributed by atoms with E-state index in [9.17, 15) is 9.59 Å². The molecule has 8 heteroatoms. The van der Waals surface area contributed by atoms with Crippen molar-refractivity contribution in [3.63, 3.8) is 0 Å². The third kappa shape index (κ3) is 9.81. The zero-order valence-corrected chi connectivity index (χ0v) is 19.3. The smallest absolute Gasteiger partial charge is 0.325 e. The van der Waals surface area contributed by atoms with E-state index in [4.69, 9.17) is 19.7 Å². The van der Waals surface area contributed by atoms with E-state index in [1.807, 2.05) is 27.7 Å². The monoisotopic (exact) mass is 435 g/mol. The molecule has 0 atom stereocenters. The highest BCUT2D eigenvalue weighted by Crippen LogP contribution is 2.33. The molecule has 0 saturated heterocycles. The van der Waals surface area contributed by atoms with Crippen LogP contribution >= 0.6 is 0 Å². The Balaban J connectivity index is 3.06. The number of nitrogens with one attached hydrogen (secondary N) is 1. The van der Waals surface area contributed by atoms with Crippen LogP contribution in [-0.4, -0.2) is 44.3 Å². The van der Waals surface area contributed by atoms with Gasteiger partial charge >= 0.3 is 11.9 Å². The van der Waals surface area contributed by atoms with Crippen LogP contribution in [0.5, 0.6) is 5.75 Å². The van der Waals surface area contributed by atoms with Crippen molar-refractivity contribution in [1.29, 1.82) is 5.53 Å². The summed E-state index contributed by atoms with van der Waals surface area (Å²) in [5.74, 6) is -0.372. The van der Waals surface area contributed by atoms with Crippen LogP contribution in [0.2, 0.25) is 0 Å². The molecule has 1 N–H and O–H groups in total. The molecule has 0 fully saturated rings. The van der Waals surface area contributed by atoms with Crippen LogP contribution in [0.25, 0.3) is 0 Å². The minimum Gasteiger partial charge on any atom is -0.488 e. The SMILES string of the molecule is CCCCOC(=O)CN(CC(=O)OCCCC)c1ccc(N=N)c(OC(CC)CC)c1. The van der Waals surface area contributed by atoms with Gasteiger partial charge in [-0.05, 0) is 37.8 Å². The summed E-state index contributed by atoms with van der Waals surface area (Å²) >= 11 is 0. The maximum Gasteiger partial charge on any atom is 0.325 e. The lowest BCUT2D eigenvalue weighted by molar-refractivity contribution is -0.143. The van der Waals surface area contributed by atoms with Crippen molar-refractivity contribution < 1.29 is 23.8 Å². The number of benzene rings is 1. The van der Waals surface area contributed by atoms with Gasteiger partial charge in [-0.2, -0.15) is 5.11 Å². The predicted molar refractivity (Wildman–Crippen MR) is 120 cm³/mol. The van der Waals surface area contributed by atoms with Crippen LogP contribution in [0.3, 0.4) is 0 Å². The standard InChI is InChI=1S/C23H37N3O5/c1-5-9-13-29-22(27)16-26(17-23(28)30-14-10-6-2)18-11-12-20(25-24)21(15-18)31-19(7-3)8-4/h11-12,15,19,24H,5-10,13-14,16-17H2,1-4H3. The normalized spacial score (nSPS) is 10.6. The quantitative estimate of drug-likeness (QED) is 0.212. The summed E-state index contributed by atoms with van der Waals surface area (Å²) in [4.78, 5) is 26.3. The Hall–Kier alpha value is -2.64. The van der Waals surface area contributed by atoms with Crippen molar-refractivity contribution in [1.82, 2.24) is 0 Å². The van der Waals surface area contributed by atoms with E-state index in [-0.39, 0.29) is 19.2 Å². The van der Waals surface area contributed by atoms with Gasteiger partial charge in [-0.25, -0.2) is 5.53 Å². The first-order valence-corrected chi connectivity index (χ1v) is 11.2. The maximum atomic E-state index is 12.3. The molecule has 0 aliphatic heterocycles. The second kappa shape index (κ2) is 15.2. The van der Waals surface area contributed by atoms with E-state index >= 15 is 0 Å². The fraction of sp³-hybridized carbons (Fsp3) is 0.652. The molecule has 1 rings (SSSR count). The molecule has 8 nitrogen and oxygen atoms in total. The Labute approximate surface area is 185 Å². The fourth-order valence-electron chi connectivity index (χ4n) is 2.82. The van der Waals surface area contributed by atoms with Gasteiger partial charge in [0.25, 0.3) is 0 Å². The number of anilines is 1. The molecule has 0 amide bonds. The van der Waals surface area contributed by atoms with Gasteiger partial charge in [0.05, 0.1) is 19.3 Å². The first-order chi connectivity index (χ1) is 15.0. The Morgan fingerprint density at radius 3 is 1.97 bits per heavy atom. The molecule has 1 aromatic carbocycles. The Bertz CT molecular complexity index is 668. The summed E-state index contributed by atoms with van der Waals surface area (Å²) in [5, 5.41) is 3.54. The van der Waals surface area contributed by atoms with E-state index in [0.29, 0.717) is 30.3 Å². The molecule has 1 aromatic rings. The Morgan fingerprint density at radius 2 is 1.52 bits per heavy atom. The van der Waals surface area contributed by atoms with Gasteiger partial charge in [0.2, 0.25) is 0 Å². The largest absolute Gasteiger partial charge is 0.488 e. The van der Waals surface area contributed by atoms with E-state index in [1.165, 1.54) is 0 Å². The van der Waals surface area contributed by atoms with E-state index < -0.39 is 11.9 Å². The maximum absolute atomic E-state index is 12.3. The Kier molecular flexibility index (Phi) is 12.9. The molecule has 0 aliphatic carbocycles. The van der Waals surface area contributed by atoms with Gasteiger partial charge < -0.3 is 19.1 Å². The van der Waals surface area contributed by atoms with Gasteiger partial charge in [-0.1, -0.05) is 40.5 Å². The second-order valence-corrected chi connectivity index (χ2v) is 7.32. The number of rotatable bonds is 16. The van der Waals surface area contributed by atoms with Gasteiger partial charge in [-0.15, -0.1) is 0 Å². The molecule has 0 bridgehead atoms. The van der Waals surface area contributed by atoms with E-state index in [0.717, 1.165) is 38.5 Å². The van der Waals surface area contributed by atoms with Gasteiger partial charge in [0.1, 0.15) is 24.5 Å².